The van der Waals surface area contributed by atoms with Gasteiger partial charge in [0.1, 0.15) is 10.8 Å². The fraction of sp³-hybridized carbons (Fsp3) is 0.0588. The van der Waals surface area contributed by atoms with Gasteiger partial charge in [-0.05, 0) is 35.9 Å². The van der Waals surface area contributed by atoms with E-state index in [0.717, 1.165) is 20.8 Å². The van der Waals surface area contributed by atoms with Gasteiger partial charge in [-0.3, -0.25) is 4.79 Å². The SMILES string of the molecule is O=C(C=Cc1nc2ccccc2s1)NCc1ccc(F)cc1. The van der Waals surface area contributed by atoms with Crippen LogP contribution in [0.25, 0.3) is 16.3 Å². The highest BCUT2D eigenvalue weighted by atomic mass is 32.1. The summed E-state index contributed by atoms with van der Waals surface area (Å²) in [7, 11) is 0. The van der Waals surface area contributed by atoms with Crippen LogP contribution in [0.3, 0.4) is 0 Å². The Morgan fingerprint density at radius 1 is 1.18 bits per heavy atom. The number of nitrogens with zero attached hydrogens (tertiary/aromatic N) is 1. The Morgan fingerprint density at radius 3 is 2.73 bits per heavy atom. The predicted octanol–water partition coefficient (Wildman–Crippen LogP) is 3.77. The number of carbonyl (C=O) groups excluding carboxylic acids is 1. The van der Waals surface area contributed by atoms with E-state index in [1.54, 1.807) is 18.2 Å². The van der Waals surface area contributed by atoms with Crippen LogP contribution in [-0.2, 0) is 11.3 Å². The first kappa shape index (κ1) is 14.4. The minimum Gasteiger partial charge on any atom is -0.348 e. The number of hydrogen-bond donors (Lipinski definition) is 1. The van der Waals surface area contributed by atoms with Crippen LogP contribution in [0, 0.1) is 5.82 Å². The standard InChI is InChI=1S/C17H13FN2OS/c18-13-7-5-12(6-8-13)11-19-16(21)9-10-17-20-14-3-1-2-4-15(14)22-17/h1-10H,11H2,(H,19,21). The molecule has 3 nitrogen and oxygen atoms in total. The molecule has 0 spiro atoms. The van der Waals surface area contributed by atoms with E-state index >= 15 is 0 Å². The number of hydrogen-bond acceptors (Lipinski definition) is 3. The minimum atomic E-state index is -0.286. The number of aromatic nitrogens is 1. The van der Waals surface area contributed by atoms with Crippen LogP contribution in [0.2, 0.25) is 0 Å². The second-order valence-corrected chi connectivity index (χ2v) is 5.76. The fourth-order valence-corrected chi connectivity index (χ4v) is 2.83. The third-order valence-corrected chi connectivity index (χ3v) is 4.07. The number of carbonyl (C=O) groups is 1. The number of para-hydroxylation sites is 1. The van der Waals surface area contributed by atoms with Crippen molar-refractivity contribution >= 4 is 33.5 Å². The van der Waals surface area contributed by atoms with Crippen molar-refractivity contribution < 1.29 is 9.18 Å². The highest BCUT2D eigenvalue weighted by Gasteiger charge is 2.01. The maximum absolute atomic E-state index is 12.8. The predicted molar refractivity (Wildman–Crippen MR) is 86.9 cm³/mol. The molecule has 5 heteroatoms. The normalized spacial score (nSPS) is 11.1. The molecule has 1 aromatic heterocycles. The summed E-state index contributed by atoms with van der Waals surface area (Å²) in [6.07, 6.45) is 3.16. The second kappa shape index (κ2) is 6.49. The van der Waals surface area contributed by atoms with Crippen molar-refractivity contribution in [3.63, 3.8) is 0 Å². The summed E-state index contributed by atoms with van der Waals surface area (Å²) >= 11 is 1.54. The molecule has 0 radical (unpaired) electrons. The largest absolute Gasteiger partial charge is 0.348 e. The monoisotopic (exact) mass is 312 g/mol. The Labute approximate surface area is 131 Å². The van der Waals surface area contributed by atoms with Gasteiger partial charge in [0.15, 0.2) is 0 Å². The van der Waals surface area contributed by atoms with Crippen molar-refractivity contribution in [2.24, 2.45) is 0 Å². The van der Waals surface area contributed by atoms with Crippen molar-refractivity contribution in [1.29, 1.82) is 0 Å². The lowest BCUT2D eigenvalue weighted by atomic mass is 10.2. The number of fused-ring (bicyclic) bond motifs is 1. The van der Waals surface area contributed by atoms with Crippen LogP contribution in [-0.4, -0.2) is 10.9 Å². The lowest BCUT2D eigenvalue weighted by Crippen LogP contribution is -2.20. The highest BCUT2D eigenvalue weighted by molar-refractivity contribution is 7.19. The molecule has 1 heterocycles. The highest BCUT2D eigenvalue weighted by Crippen LogP contribution is 2.22. The summed E-state index contributed by atoms with van der Waals surface area (Å²) in [4.78, 5) is 16.2. The summed E-state index contributed by atoms with van der Waals surface area (Å²) in [6, 6.07) is 13.9. The molecule has 2 aromatic carbocycles. The number of nitrogens with one attached hydrogen (secondary N) is 1. The van der Waals surface area contributed by atoms with Crippen molar-refractivity contribution in [2.75, 3.05) is 0 Å². The van der Waals surface area contributed by atoms with Gasteiger partial charge in [-0.25, -0.2) is 9.37 Å². The zero-order valence-electron chi connectivity index (χ0n) is 11.6. The van der Waals surface area contributed by atoms with E-state index in [1.807, 2.05) is 24.3 Å². The Morgan fingerprint density at radius 2 is 1.95 bits per heavy atom. The van der Waals surface area contributed by atoms with Gasteiger partial charge in [0.25, 0.3) is 0 Å². The zero-order chi connectivity index (χ0) is 15.4. The van der Waals surface area contributed by atoms with E-state index in [1.165, 1.54) is 29.5 Å². The van der Waals surface area contributed by atoms with Gasteiger partial charge in [-0.15, -0.1) is 11.3 Å². The average Bonchev–Trinajstić information content (AvgIpc) is 2.95. The summed E-state index contributed by atoms with van der Waals surface area (Å²) in [6.45, 7) is 0.364. The van der Waals surface area contributed by atoms with Crippen LogP contribution < -0.4 is 5.32 Å². The van der Waals surface area contributed by atoms with Crippen LogP contribution >= 0.6 is 11.3 Å². The summed E-state index contributed by atoms with van der Waals surface area (Å²) in [5.41, 5.74) is 1.78. The number of benzene rings is 2. The maximum Gasteiger partial charge on any atom is 0.244 e. The molecule has 0 saturated carbocycles. The minimum absolute atomic E-state index is 0.205. The molecule has 0 bridgehead atoms. The lowest BCUT2D eigenvalue weighted by molar-refractivity contribution is -0.116. The average molecular weight is 312 g/mol. The quantitative estimate of drug-likeness (QED) is 0.745. The Bertz CT molecular complexity index is 791. The fourth-order valence-electron chi connectivity index (χ4n) is 1.96. The third kappa shape index (κ3) is 3.56. The van der Waals surface area contributed by atoms with Crippen molar-refractivity contribution in [2.45, 2.75) is 6.54 Å². The van der Waals surface area contributed by atoms with E-state index in [2.05, 4.69) is 10.3 Å². The molecular weight excluding hydrogens is 299 g/mol. The van der Waals surface area contributed by atoms with Gasteiger partial charge in [0, 0.05) is 12.6 Å². The zero-order valence-corrected chi connectivity index (χ0v) is 12.4. The molecule has 0 fully saturated rings. The summed E-state index contributed by atoms with van der Waals surface area (Å²) in [5.74, 6) is -0.491. The van der Waals surface area contributed by atoms with Crippen molar-refractivity contribution in [3.8, 4) is 0 Å². The molecule has 1 N–H and O–H groups in total. The molecule has 1 amide bonds. The Balaban J connectivity index is 1.59. The van der Waals surface area contributed by atoms with Gasteiger partial charge < -0.3 is 5.32 Å². The van der Waals surface area contributed by atoms with Crippen molar-refractivity contribution in [3.05, 3.63) is 71.0 Å². The van der Waals surface area contributed by atoms with Gasteiger partial charge >= 0.3 is 0 Å². The van der Waals surface area contributed by atoms with E-state index in [4.69, 9.17) is 0 Å². The molecule has 0 aliphatic heterocycles. The first-order chi connectivity index (χ1) is 10.7. The van der Waals surface area contributed by atoms with Crippen LogP contribution in [0.15, 0.2) is 54.6 Å². The van der Waals surface area contributed by atoms with Gasteiger partial charge in [-0.2, -0.15) is 0 Å². The summed E-state index contributed by atoms with van der Waals surface area (Å²) in [5, 5.41) is 3.54. The summed E-state index contributed by atoms with van der Waals surface area (Å²) < 4.78 is 13.9. The first-order valence-corrected chi connectivity index (χ1v) is 7.58. The van der Waals surface area contributed by atoms with Crippen LogP contribution in [0.4, 0.5) is 4.39 Å². The molecule has 3 rings (SSSR count). The van der Waals surface area contributed by atoms with Gasteiger partial charge in [0.2, 0.25) is 5.91 Å². The maximum atomic E-state index is 12.8. The second-order valence-electron chi connectivity index (χ2n) is 4.70. The Hall–Kier alpha value is -2.53. The third-order valence-electron chi connectivity index (χ3n) is 3.07. The molecule has 0 saturated heterocycles. The molecule has 0 aliphatic rings. The van der Waals surface area contributed by atoms with Crippen LogP contribution in [0.1, 0.15) is 10.6 Å². The Kier molecular flexibility index (Phi) is 4.25. The van der Waals surface area contributed by atoms with E-state index in [-0.39, 0.29) is 11.7 Å². The molecular formula is C17H13FN2OS. The number of thiazole rings is 1. The molecule has 0 unspecified atom stereocenters. The first-order valence-electron chi connectivity index (χ1n) is 6.77. The van der Waals surface area contributed by atoms with Gasteiger partial charge in [-0.1, -0.05) is 24.3 Å². The van der Waals surface area contributed by atoms with E-state index < -0.39 is 0 Å². The van der Waals surface area contributed by atoms with E-state index in [9.17, 15) is 9.18 Å². The number of halogens is 1. The smallest absolute Gasteiger partial charge is 0.244 e. The molecule has 0 aliphatic carbocycles. The van der Waals surface area contributed by atoms with E-state index in [0.29, 0.717) is 6.54 Å². The molecule has 0 atom stereocenters. The molecule has 110 valence electrons. The number of amides is 1. The molecule has 22 heavy (non-hydrogen) atoms. The van der Waals surface area contributed by atoms with Crippen molar-refractivity contribution in [1.82, 2.24) is 10.3 Å². The topological polar surface area (TPSA) is 42.0 Å². The number of rotatable bonds is 4. The lowest BCUT2D eigenvalue weighted by Gasteiger charge is -2.01. The molecule has 3 aromatic rings. The van der Waals surface area contributed by atoms with Gasteiger partial charge in [0.05, 0.1) is 10.2 Å². The van der Waals surface area contributed by atoms with Crippen LogP contribution in [0.5, 0.6) is 0 Å².